The normalized spacial score (nSPS) is 44.3. The molecule has 3 unspecified atom stereocenters. The number of aliphatic hydroxyl groups is 1. The Bertz CT molecular complexity index is 465. The second-order valence-corrected chi connectivity index (χ2v) is 6.78. The molecule has 2 saturated carbocycles. The van der Waals surface area contributed by atoms with Gasteiger partial charge in [-0.2, -0.15) is 0 Å². The van der Waals surface area contributed by atoms with Crippen molar-refractivity contribution in [1.82, 2.24) is 4.98 Å². The average Bonchev–Trinajstić information content (AvgIpc) is 3.08. The van der Waals surface area contributed by atoms with E-state index in [1.807, 2.05) is 18.3 Å². The maximum Gasteiger partial charge on any atom is 0.0698 e. The molecule has 1 N–H and O–H groups in total. The molecule has 2 aliphatic carbocycles. The highest BCUT2D eigenvalue weighted by molar-refractivity contribution is 5.22. The van der Waals surface area contributed by atoms with Gasteiger partial charge in [-0.05, 0) is 56.1 Å². The molecule has 3 heteroatoms. The lowest BCUT2D eigenvalue weighted by atomic mass is 9.69. The van der Waals surface area contributed by atoms with Crippen LogP contribution in [0.2, 0.25) is 0 Å². The van der Waals surface area contributed by atoms with E-state index in [9.17, 15) is 5.11 Å². The van der Waals surface area contributed by atoms with Gasteiger partial charge in [-0.3, -0.25) is 4.98 Å². The average molecular weight is 259 g/mol. The van der Waals surface area contributed by atoms with E-state index in [-0.39, 0.29) is 17.6 Å². The summed E-state index contributed by atoms with van der Waals surface area (Å²) in [5.74, 6) is 1.80. The molecule has 1 saturated heterocycles. The summed E-state index contributed by atoms with van der Waals surface area (Å²) < 4.78 is 6.17. The van der Waals surface area contributed by atoms with Crippen molar-refractivity contribution >= 4 is 0 Å². The van der Waals surface area contributed by atoms with Gasteiger partial charge < -0.3 is 9.84 Å². The smallest absolute Gasteiger partial charge is 0.0698 e. The van der Waals surface area contributed by atoms with Crippen LogP contribution in [0.1, 0.15) is 37.8 Å². The first-order chi connectivity index (χ1) is 9.25. The van der Waals surface area contributed by atoms with Crippen LogP contribution in [-0.4, -0.2) is 28.9 Å². The zero-order chi connectivity index (χ0) is 12.9. The minimum absolute atomic E-state index is 0.0338. The Morgan fingerprint density at radius 3 is 2.84 bits per heavy atom. The maximum absolute atomic E-state index is 10.0. The quantitative estimate of drug-likeness (QED) is 0.886. The van der Waals surface area contributed by atoms with E-state index in [1.54, 1.807) is 0 Å². The lowest BCUT2D eigenvalue weighted by Crippen LogP contribution is -2.49. The van der Waals surface area contributed by atoms with Crippen molar-refractivity contribution in [1.29, 1.82) is 0 Å². The molecule has 0 aromatic carbocycles. The number of nitrogens with zero attached hydrogens (tertiary/aromatic N) is 1. The zero-order valence-electron chi connectivity index (χ0n) is 11.2. The van der Waals surface area contributed by atoms with Gasteiger partial charge in [0.25, 0.3) is 0 Å². The summed E-state index contributed by atoms with van der Waals surface area (Å²) in [5.41, 5.74) is 0.892. The van der Waals surface area contributed by atoms with Crippen molar-refractivity contribution in [2.75, 3.05) is 13.2 Å². The molecular formula is C16H21NO2. The van der Waals surface area contributed by atoms with Crippen LogP contribution in [0.25, 0.3) is 0 Å². The zero-order valence-corrected chi connectivity index (χ0v) is 11.2. The monoisotopic (exact) mass is 259 g/mol. The maximum atomic E-state index is 10.0. The molecule has 1 spiro atoms. The third-order valence-corrected chi connectivity index (χ3v) is 5.50. The van der Waals surface area contributed by atoms with Crippen molar-refractivity contribution < 1.29 is 9.84 Å². The highest BCUT2D eigenvalue weighted by Crippen LogP contribution is 2.61. The minimum Gasteiger partial charge on any atom is -0.395 e. The molecule has 3 nitrogen and oxygen atoms in total. The molecule has 0 amide bonds. The minimum atomic E-state index is -0.184. The fraction of sp³-hybridized carbons (Fsp3) is 0.688. The van der Waals surface area contributed by atoms with Crippen LogP contribution in [0.5, 0.6) is 0 Å². The highest BCUT2D eigenvalue weighted by atomic mass is 16.5. The van der Waals surface area contributed by atoms with Gasteiger partial charge in [0, 0.05) is 23.9 Å². The van der Waals surface area contributed by atoms with E-state index < -0.39 is 0 Å². The van der Waals surface area contributed by atoms with E-state index in [0.29, 0.717) is 0 Å². The molecular weight excluding hydrogens is 238 g/mol. The Hall–Kier alpha value is -0.930. The molecule has 1 aliphatic heterocycles. The molecule has 0 radical (unpaired) electrons. The molecule has 102 valence electrons. The molecule has 1 aromatic rings. The van der Waals surface area contributed by atoms with Gasteiger partial charge in [0.2, 0.25) is 0 Å². The largest absolute Gasteiger partial charge is 0.395 e. The van der Waals surface area contributed by atoms with Crippen molar-refractivity contribution in [3.05, 3.63) is 30.1 Å². The van der Waals surface area contributed by atoms with Gasteiger partial charge in [-0.25, -0.2) is 0 Å². The second-order valence-electron chi connectivity index (χ2n) is 6.78. The second kappa shape index (κ2) is 4.03. The van der Waals surface area contributed by atoms with Crippen molar-refractivity contribution in [3.8, 4) is 0 Å². The standard InChI is InChI=1S/C16H21NO2/c18-11-15(14-3-1-2-5-17-14)4-6-19-16(10-15)8-12-7-13(12)9-16/h1-3,5,12-13,18H,4,6-11H2. The summed E-state index contributed by atoms with van der Waals surface area (Å²) in [5, 5.41) is 10.0. The van der Waals surface area contributed by atoms with E-state index in [0.717, 1.165) is 37.0 Å². The summed E-state index contributed by atoms with van der Waals surface area (Å²) in [6.07, 6.45) is 7.47. The van der Waals surface area contributed by atoms with Crippen LogP contribution in [0.15, 0.2) is 24.4 Å². The number of ether oxygens (including phenoxy) is 1. The number of aliphatic hydroxyl groups excluding tert-OH is 1. The highest BCUT2D eigenvalue weighted by Gasteiger charge is 2.58. The summed E-state index contributed by atoms with van der Waals surface area (Å²) in [7, 11) is 0. The Morgan fingerprint density at radius 1 is 1.32 bits per heavy atom. The van der Waals surface area contributed by atoms with Crippen LogP contribution in [0.4, 0.5) is 0 Å². The number of hydrogen-bond acceptors (Lipinski definition) is 3. The fourth-order valence-corrected chi connectivity index (χ4v) is 4.44. The van der Waals surface area contributed by atoms with Gasteiger partial charge in [-0.15, -0.1) is 0 Å². The Morgan fingerprint density at radius 2 is 2.16 bits per heavy atom. The summed E-state index contributed by atoms with van der Waals surface area (Å²) in [4.78, 5) is 4.51. The van der Waals surface area contributed by atoms with Crippen LogP contribution in [0, 0.1) is 11.8 Å². The fourth-order valence-electron chi connectivity index (χ4n) is 4.44. The molecule has 2 heterocycles. The summed E-state index contributed by atoms with van der Waals surface area (Å²) in [6.45, 7) is 0.945. The third kappa shape index (κ3) is 1.83. The summed E-state index contributed by atoms with van der Waals surface area (Å²) in [6, 6.07) is 6.02. The van der Waals surface area contributed by atoms with E-state index in [4.69, 9.17) is 4.74 Å². The first-order valence-electron chi connectivity index (χ1n) is 7.42. The van der Waals surface area contributed by atoms with E-state index in [2.05, 4.69) is 11.1 Å². The number of fused-ring (bicyclic) bond motifs is 1. The lowest BCUT2D eigenvalue weighted by Gasteiger charge is -2.46. The number of hydrogen-bond donors (Lipinski definition) is 1. The first kappa shape index (κ1) is 11.9. The summed E-state index contributed by atoms with van der Waals surface area (Å²) >= 11 is 0. The van der Waals surface area contributed by atoms with Crippen LogP contribution in [-0.2, 0) is 10.2 Å². The predicted molar refractivity (Wildman–Crippen MR) is 71.7 cm³/mol. The van der Waals surface area contributed by atoms with Crippen LogP contribution < -0.4 is 0 Å². The Kier molecular flexibility index (Phi) is 2.52. The van der Waals surface area contributed by atoms with Crippen molar-refractivity contribution in [2.24, 2.45) is 11.8 Å². The molecule has 3 aliphatic rings. The van der Waals surface area contributed by atoms with Gasteiger partial charge in [0.1, 0.15) is 0 Å². The van der Waals surface area contributed by atoms with E-state index >= 15 is 0 Å². The first-order valence-corrected chi connectivity index (χ1v) is 7.42. The molecule has 1 aromatic heterocycles. The van der Waals surface area contributed by atoms with Crippen LogP contribution in [0.3, 0.4) is 0 Å². The van der Waals surface area contributed by atoms with Gasteiger partial charge >= 0.3 is 0 Å². The SMILES string of the molecule is OCC1(c2ccccn2)CCOC2(CC3CC3C2)C1. The van der Waals surface area contributed by atoms with Gasteiger partial charge in [0.05, 0.1) is 12.2 Å². The Balaban J connectivity index is 1.65. The third-order valence-electron chi connectivity index (χ3n) is 5.50. The van der Waals surface area contributed by atoms with Gasteiger partial charge in [0.15, 0.2) is 0 Å². The number of aromatic nitrogens is 1. The van der Waals surface area contributed by atoms with E-state index in [1.165, 1.54) is 19.3 Å². The number of pyridine rings is 1. The topological polar surface area (TPSA) is 42.4 Å². The molecule has 3 atom stereocenters. The van der Waals surface area contributed by atoms with Crippen molar-refractivity contribution in [3.63, 3.8) is 0 Å². The lowest BCUT2D eigenvalue weighted by molar-refractivity contribution is -0.117. The predicted octanol–water partition coefficient (Wildman–Crippen LogP) is 2.29. The van der Waals surface area contributed by atoms with Crippen molar-refractivity contribution in [2.45, 2.75) is 43.1 Å². The molecule has 0 bridgehead atoms. The number of rotatable bonds is 2. The molecule has 4 rings (SSSR count). The molecule has 3 fully saturated rings. The van der Waals surface area contributed by atoms with Crippen LogP contribution >= 0.6 is 0 Å². The van der Waals surface area contributed by atoms with Gasteiger partial charge in [-0.1, -0.05) is 6.07 Å². The Labute approximate surface area is 114 Å². The molecule has 19 heavy (non-hydrogen) atoms.